The van der Waals surface area contributed by atoms with Crippen LogP contribution in [0, 0.1) is 5.82 Å². The summed E-state index contributed by atoms with van der Waals surface area (Å²) in [5.41, 5.74) is -1.34. The zero-order chi connectivity index (χ0) is 22.1. The highest BCUT2D eigenvalue weighted by atomic mass is 19.4. The van der Waals surface area contributed by atoms with Gasteiger partial charge in [-0.05, 0) is 42.2 Å². The molecule has 1 aliphatic rings. The van der Waals surface area contributed by atoms with E-state index in [-0.39, 0.29) is 30.6 Å². The smallest absolute Gasteiger partial charge is 0.385 e. The molecular formula is C22H21F4N3O2. The highest BCUT2D eigenvalue weighted by Crippen LogP contribution is 2.37. The van der Waals surface area contributed by atoms with Crippen LogP contribution < -0.4 is 0 Å². The molecule has 1 aliphatic heterocycles. The molecule has 0 spiro atoms. The second-order valence-corrected chi connectivity index (χ2v) is 7.76. The lowest BCUT2D eigenvalue weighted by Crippen LogP contribution is -2.42. The van der Waals surface area contributed by atoms with Crippen LogP contribution in [0.3, 0.4) is 0 Å². The van der Waals surface area contributed by atoms with E-state index in [1.807, 2.05) is 4.90 Å². The number of rotatable bonds is 5. The van der Waals surface area contributed by atoms with Crippen molar-refractivity contribution >= 4 is 0 Å². The number of hydrogen-bond acceptors (Lipinski definition) is 5. The van der Waals surface area contributed by atoms with E-state index in [1.54, 1.807) is 18.2 Å². The van der Waals surface area contributed by atoms with Gasteiger partial charge in [0.1, 0.15) is 5.82 Å². The molecule has 1 fully saturated rings. The Bertz CT molecular complexity index is 1040. The van der Waals surface area contributed by atoms with Gasteiger partial charge in [-0.2, -0.15) is 18.2 Å². The fourth-order valence-electron chi connectivity index (χ4n) is 3.78. The first-order chi connectivity index (χ1) is 14.7. The number of aliphatic hydroxyl groups is 1. The van der Waals surface area contributed by atoms with Crippen molar-refractivity contribution in [3.8, 4) is 0 Å². The normalized spacial score (nSPS) is 17.1. The maximum atomic E-state index is 13.8. The molecule has 5 nitrogen and oxygen atoms in total. The van der Waals surface area contributed by atoms with Gasteiger partial charge < -0.3 is 9.63 Å². The van der Waals surface area contributed by atoms with E-state index in [0.717, 1.165) is 12.1 Å². The van der Waals surface area contributed by atoms with Gasteiger partial charge in [0.25, 0.3) is 0 Å². The maximum Gasteiger partial charge on any atom is 0.416 e. The molecule has 0 bridgehead atoms. The van der Waals surface area contributed by atoms with Crippen LogP contribution in [-0.2, 0) is 24.7 Å². The molecule has 2 heterocycles. The van der Waals surface area contributed by atoms with Crippen molar-refractivity contribution in [3.05, 3.63) is 82.8 Å². The first-order valence-corrected chi connectivity index (χ1v) is 9.90. The van der Waals surface area contributed by atoms with E-state index in [9.17, 15) is 22.7 Å². The predicted octanol–water partition coefficient (Wildman–Crippen LogP) is 4.30. The topological polar surface area (TPSA) is 62.4 Å². The second-order valence-electron chi connectivity index (χ2n) is 7.76. The summed E-state index contributed by atoms with van der Waals surface area (Å²) in [7, 11) is 0. The van der Waals surface area contributed by atoms with Crippen molar-refractivity contribution in [2.45, 2.75) is 37.6 Å². The van der Waals surface area contributed by atoms with Crippen molar-refractivity contribution in [2.75, 3.05) is 13.1 Å². The Morgan fingerprint density at radius 1 is 1.06 bits per heavy atom. The third-order valence-corrected chi connectivity index (χ3v) is 5.59. The summed E-state index contributed by atoms with van der Waals surface area (Å²) in [6.07, 6.45) is -3.67. The number of alkyl halides is 3. The fraction of sp³-hybridized carbons (Fsp3) is 0.364. The van der Waals surface area contributed by atoms with E-state index >= 15 is 0 Å². The second kappa shape index (κ2) is 8.39. The Morgan fingerprint density at radius 3 is 2.52 bits per heavy atom. The Hall–Kier alpha value is -2.78. The number of hydrogen-bond donors (Lipinski definition) is 1. The number of aromatic nitrogens is 2. The standard InChI is InChI=1S/C22H21F4N3O2/c23-18-7-2-1-4-15(18)12-19-27-20(31-28-19)14-29-10-8-21(30,9-11-29)16-5-3-6-17(13-16)22(24,25)26/h1-7,13,30H,8-12,14H2. The summed E-state index contributed by atoms with van der Waals surface area (Å²) >= 11 is 0. The minimum absolute atomic E-state index is 0.214. The average Bonchev–Trinajstić information content (AvgIpc) is 3.18. The Kier molecular flexibility index (Phi) is 5.81. The van der Waals surface area contributed by atoms with Gasteiger partial charge in [-0.15, -0.1) is 0 Å². The Balaban J connectivity index is 1.37. The van der Waals surface area contributed by atoms with E-state index in [2.05, 4.69) is 10.1 Å². The van der Waals surface area contributed by atoms with E-state index in [0.29, 0.717) is 36.9 Å². The molecule has 4 rings (SSSR count). The van der Waals surface area contributed by atoms with Crippen LogP contribution in [0.25, 0.3) is 0 Å². The van der Waals surface area contributed by atoms with Gasteiger partial charge in [0.05, 0.1) is 17.7 Å². The molecule has 9 heteroatoms. The minimum Gasteiger partial charge on any atom is -0.385 e. The molecule has 0 unspecified atom stereocenters. The monoisotopic (exact) mass is 435 g/mol. The van der Waals surface area contributed by atoms with Crippen molar-refractivity contribution in [1.82, 2.24) is 15.0 Å². The molecule has 164 valence electrons. The van der Waals surface area contributed by atoms with E-state index in [1.165, 1.54) is 18.2 Å². The zero-order valence-electron chi connectivity index (χ0n) is 16.6. The van der Waals surface area contributed by atoms with Crippen LogP contribution in [0.5, 0.6) is 0 Å². The number of piperidine rings is 1. The first-order valence-electron chi connectivity index (χ1n) is 9.90. The molecule has 0 amide bonds. The van der Waals surface area contributed by atoms with Crippen molar-refractivity contribution < 1.29 is 27.2 Å². The number of benzene rings is 2. The molecule has 1 N–H and O–H groups in total. The predicted molar refractivity (Wildman–Crippen MR) is 103 cm³/mol. The van der Waals surface area contributed by atoms with Crippen molar-refractivity contribution in [3.63, 3.8) is 0 Å². The highest BCUT2D eigenvalue weighted by Gasteiger charge is 2.37. The number of likely N-dealkylation sites (tertiary alicyclic amines) is 1. The summed E-state index contributed by atoms with van der Waals surface area (Å²) in [5, 5.41) is 14.8. The summed E-state index contributed by atoms with van der Waals surface area (Å²) in [5.74, 6) is 0.409. The maximum absolute atomic E-state index is 13.8. The van der Waals surface area contributed by atoms with Crippen LogP contribution in [0.1, 0.15) is 41.2 Å². The van der Waals surface area contributed by atoms with E-state index < -0.39 is 17.3 Å². The first kappa shape index (κ1) is 21.5. The fourth-order valence-corrected chi connectivity index (χ4v) is 3.78. The lowest BCUT2D eigenvalue weighted by atomic mass is 9.84. The molecule has 0 aliphatic carbocycles. The van der Waals surface area contributed by atoms with Gasteiger partial charge in [-0.1, -0.05) is 35.5 Å². The van der Waals surface area contributed by atoms with Crippen LogP contribution in [0.2, 0.25) is 0 Å². The summed E-state index contributed by atoms with van der Waals surface area (Å²) < 4.78 is 58.0. The largest absolute Gasteiger partial charge is 0.416 e. The zero-order valence-corrected chi connectivity index (χ0v) is 16.6. The third-order valence-electron chi connectivity index (χ3n) is 5.59. The molecule has 0 saturated carbocycles. The molecule has 1 saturated heterocycles. The van der Waals surface area contributed by atoms with Crippen molar-refractivity contribution in [1.29, 1.82) is 0 Å². The van der Waals surface area contributed by atoms with Crippen LogP contribution in [-0.4, -0.2) is 33.2 Å². The van der Waals surface area contributed by atoms with Gasteiger partial charge in [-0.3, -0.25) is 4.90 Å². The summed E-state index contributed by atoms with van der Waals surface area (Å²) in [4.78, 5) is 6.29. The van der Waals surface area contributed by atoms with Crippen LogP contribution in [0.15, 0.2) is 53.1 Å². The Morgan fingerprint density at radius 2 is 1.81 bits per heavy atom. The molecule has 1 aromatic heterocycles. The Labute approximate surface area is 176 Å². The molecule has 0 atom stereocenters. The van der Waals surface area contributed by atoms with Crippen LogP contribution in [0.4, 0.5) is 17.6 Å². The molecule has 0 radical (unpaired) electrons. The van der Waals surface area contributed by atoms with Gasteiger partial charge in [0, 0.05) is 19.5 Å². The number of nitrogens with zero attached hydrogens (tertiary/aromatic N) is 3. The number of halogens is 4. The van der Waals surface area contributed by atoms with Crippen molar-refractivity contribution in [2.24, 2.45) is 0 Å². The van der Waals surface area contributed by atoms with Gasteiger partial charge in [0.15, 0.2) is 5.82 Å². The third kappa shape index (κ3) is 4.94. The lowest BCUT2D eigenvalue weighted by molar-refractivity contribution is -0.137. The average molecular weight is 435 g/mol. The minimum atomic E-state index is -4.45. The highest BCUT2D eigenvalue weighted by molar-refractivity contribution is 5.30. The van der Waals surface area contributed by atoms with Gasteiger partial charge in [-0.25, -0.2) is 4.39 Å². The molecule has 31 heavy (non-hydrogen) atoms. The summed E-state index contributed by atoms with van der Waals surface area (Å²) in [6.45, 7) is 1.26. The molecule has 3 aromatic rings. The lowest BCUT2D eigenvalue weighted by Gasteiger charge is -2.38. The van der Waals surface area contributed by atoms with Crippen LogP contribution >= 0.6 is 0 Å². The SMILES string of the molecule is OC1(c2cccc(C(F)(F)F)c2)CCN(Cc2nc(Cc3ccccc3F)no2)CC1. The van der Waals surface area contributed by atoms with Gasteiger partial charge in [0.2, 0.25) is 5.89 Å². The van der Waals surface area contributed by atoms with Gasteiger partial charge >= 0.3 is 6.18 Å². The molecule has 2 aromatic carbocycles. The molecular weight excluding hydrogens is 414 g/mol. The van der Waals surface area contributed by atoms with E-state index in [4.69, 9.17) is 4.52 Å². The summed E-state index contributed by atoms with van der Waals surface area (Å²) in [6, 6.07) is 11.2. The quantitative estimate of drug-likeness (QED) is 0.606.